The van der Waals surface area contributed by atoms with Crippen molar-refractivity contribution < 1.29 is 13.6 Å². The first-order valence-corrected chi connectivity index (χ1v) is 5.58. The van der Waals surface area contributed by atoms with E-state index in [1.807, 2.05) is 0 Å². The maximum absolute atomic E-state index is 13.2. The minimum atomic E-state index is -0.986. The van der Waals surface area contributed by atoms with Crippen molar-refractivity contribution in [1.82, 2.24) is 0 Å². The summed E-state index contributed by atoms with van der Waals surface area (Å²) in [5.74, 6) is -2.02. The van der Waals surface area contributed by atoms with Crippen molar-refractivity contribution in [2.45, 2.75) is 19.3 Å². The van der Waals surface area contributed by atoms with Crippen molar-refractivity contribution in [2.75, 3.05) is 0 Å². The van der Waals surface area contributed by atoms with Crippen molar-refractivity contribution in [3.05, 3.63) is 33.8 Å². The van der Waals surface area contributed by atoms with Crippen molar-refractivity contribution >= 4 is 21.7 Å². The molecule has 0 bridgehead atoms. The highest BCUT2D eigenvalue weighted by Gasteiger charge is 2.28. The average Bonchev–Trinajstić information content (AvgIpc) is 2.11. The predicted octanol–water partition coefficient (Wildman–Crippen LogP) is 3.71. The fraction of sp³-hybridized carbons (Fsp3) is 0.364. The van der Waals surface area contributed by atoms with Crippen molar-refractivity contribution in [1.29, 1.82) is 0 Å². The summed E-state index contributed by atoms with van der Waals surface area (Å²) >= 11 is 2.92. The van der Waals surface area contributed by atoms with E-state index in [1.165, 1.54) is 6.07 Å². The molecule has 15 heavy (non-hydrogen) atoms. The lowest BCUT2D eigenvalue weighted by Crippen LogP contribution is -2.22. The normalized spacial score (nSPS) is 16.2. The molecule has 0 amide bonds. The van der Waals surface area contributed by atoms with Gasteiger partial charge in [-0.05, 0) is 40.9 Å². The van der Waals surface area contributed by atoms with Crippen molar-refractivity contribution in [3.8, 4) is 0 Å². The van der Waals surface area contributed by atoms with Gasteiger partial charge in [0.05, 0.1) is 4.47 Å². The maximum atomic E-state index is 13.2. The fourth-order valence-electron chi connectivity index (χ4n) is 1.61. The third-order valence-corrected chi connectivity index (χ3v) is 3.55. The van der Waals surface area contributed by atoms with Crippen molar-refractivity contribution in [3.63, 3.8) is 0 Å². The number of carbonyl (C=O) groups excluding carboxylic acids is 1. The van der Waals surface area contributed by atoms with Crippen LogP contribution in [0.4, 0.5) is 8.78 Å². The van der Waals surface area contributed by atoms with Crippen LogP contribution >= 0.6 is 15.9 Å². The second-order valence-corrected chi connectivity index (χ2v) is 4.51. The molecule has 0 N–H and O–H groups in total. The lowest BCUT2D eigenvalue weighted by molar-refractivity contribution is 0.0853. The number of ketones is 1. The largest absolute Gasteiger partial charge is 0.294 e. The SMILES string of the molecule is O=C(c1ccc(F)c(F)c1Br)C1CCC1. The molecule has 0 spiro atoms. The standard InChI is InChI=1S/C11H9BrF2O/c12-9-7(4-5-8(13)10(9)14)11(15)6-2-1-3-6/h4-6H,1-3H2. The van der Waals surface area contributed by atoms with Gasteiger partial charge in [0.25, 0.3) is 0 Å². The summed E-state index contributed by atoms with van der Waals surface area (Å²) in [6.07, 6.45) is 2.74. The summed E-state index contributed by atoms with van der Waals surface area (Å²) in [6, 6.07) is 2.33. The molecule has 4 heteroatoms. The van der Waals surface area contributed by atoms with E-state index in [2.05, 4.69) is 15.9 Å². The van der Waals surface area contributed by atoms with Gasteiger partial charge >= 0.3 is 0 Å². The topological polar surface area (TPSA) is 17.1 Å². The highest BCUT2D eigenvalue weighted by atomic mass is 79.9. The number of benzene rings is 1. The minimum absolute atomic E-state index is 0.00818. The molecule has 1 aromatic rings. The first-order valence-electron chi connectivity index (χ1n) is 4.79. The summed E-state index contributed by atoms with van der Waals surface area (Å²) in [4.78, 5) is 11.8. The Bertz CT molecular complexity index is 413. The van der Waals surface area contributed by atoms with Crippen LogP contribution in [0.5, 0.6) is 0 Å². The van der Waals surface area contributed by atoms with Crippen LogP contribution in [0.1, 0.15) is 29.6 Å². The van der Waals surface area contributed by atoms with Crippen LogP contribution in [-0.2, 0) is 0 Å². The zero-order chi connectivity index (χ0) is 11.0. The van der Waals surface area contributed by atoms with Crippen molar-refractivity contribution in [2.24, 2.45) is 5.92 Å². The number of hydrogen-bond donors (Lipinski definition) is 0. The van der Waals surface area contributed by atoms with Gasteiger partial charge in [0.1, 0.15) is 0 Å². The molecule has 1 fully saturated rings. The summed E-state index contributed by atoms with van der Waals surface area (Å²) in [6.45, 7) is 0. The molecule has 1 aliphatic carbocycles. The molecule has 1 aromatic carbocycles. The van der Waals surface area contributed by atoms with E-state index >= 15 is 0 Å². The Hall–Kier alpha value is -0.770. The van der Waals surface area contributed by atoms with Crippen LogP contribution in [0.25, 0.3) is 0 Å². The molecular weight excluding hydrogens is 266 g/mol. The zero-order valence-electron chi connectivity index (χ0n) is 7.90. The van der Waals surface area contributed by atoms with Gasteiger partial charge in [-0.15, -0.1) is 0 Å². The van der Waals surface area contributed by atoms with Gasteiger partial charge < -0.3 is 0 Å². The predicted molar refractivity (Wildman–Crippen MR) is 55.7 cm³/mol. The Kier molecular flexibility index (Phi) is 2.87. The lowest BCUT2D eigenvalue weighted by atomic mass is 9.80. The highest BCUT2D eigenvalue weighted by Crippen LogP contribution is 2.33. The van der Waals surface area contributed by atoms with E-state index in [-0.39, 0.29) is 21.7 Å². The first-order chi connectivity index (χ1) is 7.11. The van der Waals surface area contributed by atoms with E-state index in [0.29, 0.717) is 0 Å². The van der Waals surface area contributed by atoms with E-state index < -0.39 is 11.6 Å². The second-order valence-electron chi connectivity index (χ2n) is 3.71. The molecule has 1 saturated carbocycles. The van der Waals surface area contributed by atoms with Crippen LogP contribution in [0.3, 0.4) is 0 Å². The van der Waals surface area contributed by atoms with Gasteiger partial charge in [0.2, 0.25) is 0 Å². The molecule has 0 atom stereocenters. The van der Waals surface area contributed by atoms with Crippen LogP contribution < -0.4 is 0 Å². The molecule has 80 valence electrons. The summed E-state index contributed by atoms with van der Waals surface area (Å²) in [7, 11) is 0. The molecule has 0 aliphatic heterocycles. The van der Waals surface area contributed by atoms with Crippen LogP contribution in [0, 0.1) is 17.6 Å². The van der Waals surface area contributed by atoms with E-state index in [4.69, 9.17) is 0 Å². The summed E-state index contributed by atoms with van der Waals surface area (Å²) in [5.41, 5.74) is 0.249. The first kappa shape index (κ1) is 10.7. The van der Waals surface area contributed by atoms with E-state index in [0.717, 1.165) is 25.3 Å². The Morgan fingerprint density at radius 3 is 2.53 bits per heavy atom. The molecule has 0 radical (unpaired) electrons. The van der Waals surface area contributed by atoms with E-state index in [1.54, 1.807) is 0 Å². The molecule has 0 saturated heterocycles. The Balaban J connectivity index is 2.35. The quantitative estimate of drug-likeness (QED) is 0.594. The molecule has 0 heterocycles. The second kappa shape index (κ2) is 4.00. The number of carbonyl (C=O) groups is 1. The zero-order valence-corrected chi connectivity index (χ0v) is 9.48. The molecule has 1 aliphatic rings. The Morgan fingerprint density at radius 1 is 1.33 bits per heavy atom. The maximum Gasteiger partial charge on any atom is 0.173 e. The lowest BCUT2D eigenvalue weighted by Gasteiger charge is -2.24. The van der Waals surface area contributed by atoms with Gasteiger partial charge in [0.15, 0.2) is 17.4 Å². The Morgan fingerprint density at radius 2 is 2.00 bits per heavy atom. The van der Waals surface area contributed by atoms with Gasteiger partial charge in [-0.3, -0.25) is 4.79 Å². The smallest absolute Gasteiger partial charge is 0.173 e. The van der Waals surface area contributed by atoms with Crippen LogP contribution in [0.2, 0.25) is 0 Å². The number of halogens is 3. The highest BCUT2D eigenvalue weighted by molar-refractivity contribution is 9.10. The molecule has 0 unspecified atom stereocenters. The molecule has 0 aromatic heterocycles. The van der Waals surface area contributed by atoms with Gasteiger partial charge in [-0.25, -0.2) is 8.78 Å². The van der Waals surface area contributed by atoms with E-state index in [9.17, 15) is 13.6 Å². The molecule has 1 nitrogen and oxygen atoms in total. The van der Waals surface area contributed by atoms with Crippen LogP contribution in [0.15, 0.2) is 16.6 Å². The minimum Gasteiger partial charge on any atom is -0.294 e. The van der Waals surface area contributed by atoms with Gasteiger partial charge in [-0.1, -0.05) is 6.42 Å². The van der Waals surface area contributed by atoms with Gasteiger partial charge in [-0.2, -0.15) is 0 Å². The third-order valence-electron chi connectivity index (χ3n) is 2.78. The molecular formula is C11H9BrF2O. The number of rotatable bonds is 2. The fourth-order valence-corrected chi connectivity index (χ4v) is 2.12. The number of hydrogen-bond acceptors (Lipinski definition) is 1. The average molecular weight is 275 g/mol. The summed E-state index contributed by atoms with van der Waals surface area (Å²) < 4.78 is 25.9. The summed E-state index contributed by atoms with van der Waals surface area (Å²) in [5, 5.41) is 0. The third kappa shape index (κ3) is 1.83. The monoisotopic (exact) mass is 274 g/mol. The van der Waals surface area contributed by atoms with Crippen LogP contribution in [-0.4, -0.2) is 5.78 Å². The molecule has 2 rings (SSSR count). The number of Topliss-reactive ketones (excluding diaryl/α,β-unsaturated/α-hetero) is 1. The Labute approximate surface area is 94.6 Å². The van der Waals surface area contributed by atoms with Gasteiger partial charge in [0, 0.05) is 11.5 Å².